The molecule has 0 aliphatic carbocycles. The Morgan fingerprint density at radius 1 is 1.08 bits per heavy atom. The van der Waals surface area contributed by atoms with E-state index >= 15 is 0 Å². The van der Waals surface area contributed by atoms with E-state index in [0.717, 1.165) is 22.9 Å². The third kappa shape index (κ3) is 3.78. The molecule has 132 valence electrons. The predicted molar refractivity (Wildman–Crippen MR) is 105 cm³/mol. The van der Waals surface area contributed by atoms with Crippen molar-refractivity contribution in [3.8, 4) is 16.9 Å². The minimum atomic E-state index is -1.04. The van der Waals surface area contributed by atoms with Crippen LogP contribution in [-0.4, -0.2) is 20.9 Å². The van der Waals surface area contributed by atoms with Gasteiger partial charge in [0.2, 0.25) is 0 Å². The molecule has 0 bridgehead atoms. The zero-order chi connectivity index (χ0) is 18.8. The fraction of sp³-hybridized carbons (Fsp3) is 0.0526. The van der Waals surface area contributed by atoms with Gasteiger partial charge in [0, 0.05) is 27.2 Å². The Balaban J connectivity index is 2.26. The van der Waals surface area contributed by atoms with Gasteiger partial charge >= 0.3 is 5.97 Å². The molecule has 0 spiro atoms. The molecule has 3 aromatic rings. The molecule has 0 unspecified atom stereocenters. The van der Waals surface area contributed by atoms with Crippen LogP contribution in [0.15, 0.2) is 48.5 Å². The van der Waals surface area contributed by atoms with Gasteiger partial charge < -0.3 is 5.11 Å². The normalized spacial score (nSPS) is 11.2. The fourth-order valence-electron chi connectivity index (χ4n) is 2.60. The SMILES string of the molecule is Cc1c(/C=C/C(=O)O)nn(-c2ccc(Cl)cc2Cl)c1-c1ccc(Cl)cc1. The summed E-state index contributed by atoms with van der Waals surface area (Å²) in [6.45, 7) is 1.87. The van der Waals surface area contributed by atoms with Crippen LogP contribution in [0.3, 0.4) is 0 Å². The maximum absolute atomic E-state index is 10.9. The van der Waals surface area contributed by atoms with E-state index in [1.54, 1.807) is 35.0 Å². The molecule has 4 nitrogen and oxygen atoms in total. The maximum atomic E-state index is 10.9. The standard InChI is InChI=1S/C19H13Cl3N2O2/c1-11-16(7-9-18(25)26)23-24(17-8-6-14(21)10-15(17)22)19(11)12-2-4-13(20)5-3-12/h2-10H,1H3,(H,25,26)/b9-7+. The highest BCUT2D eigenvalue weighted by molar-refractivity contribution is 6.35. The first kappa shape index (κ1) is 18.5. The number of aliphatic carboxylic acids is 1. The van der Waals surface area contributed by atoms with Gasteiger partial charge in [0.25, 0.3) is 0 Å². The van der Waals surface area contributed by atoms with Crippen LogP contribution in [0.2, 0.25) is 15.1 Å². The Labute approximate surface area is 165 Å². The smallest absolute Gasteiger partial charge is 0.328 e. The number of benzene rings is 2. The summed E-state index contributed by atoms with van der Waals surface area (Å²) < 4.78 is 1.68. The molecule has 0 atom stereocenters. The number of carboxylic acids is 1. The molecule has 26 heavy (non-hydrogen) atoms. The van der Waals surface area contributed by atoms with Crippen LogP contribution >= 0.6 is 34.8 Å². The second-order valence-corrected chi connectivity index (χ2v) is 6.82. The largest absolute Gasteiger partial charge is 0.478 e. The molecular formula is C19H13Cl3N2O2. The van der Waals surface area contributed by atoms with Gasteiger partial charge in [0.1, 0.15) is 0 Å². The maximum Gasteiger partial charge on any atom is 0.328 e. The van der Waals surface area contributed by atoms with Gasteiger partial charge in [0.15, 0.2) is 0 Å². The Morgan fingerprint density at radius 3 is 2.35 bits per heavy atom. The lowest BCUT2D eigenvalue weighted by atomic mass is 10.1. The lowest BCUT2D eigenvalue weighted by molar-refractivity contribution is -0.131. The molecule has 0 fully saturated rings. The third-order valence-electron chi connectivity index (χ3n) is 3.80. The van der Waals surface area contributed by atoms with E-state index in [9.17, 15) is 4.79 Å². The van der Waals surface area contributed by atoms with Crippen molar-refractivity contribution in [3.63, 3.8) is 0 Å². The summed E-state index contributed by atoms with van der Waals surface area (Å²) in [7, 11) is 0. The summed E-state index contributed by atoms with van der Waals surface area (Å²) in [5.74, 6) is -1.04. The Bertz CT molecular complexity index is 1010. The van der Waals surface area contributed by atoms with Crippen molar-refractivity contribution in [1.29, 1.82) is 0 Å². The average molecular weight is 408 g/mol. The van der Waals surface area contributed by atoms with E-state index < -0.39 is 5.97 Å². The summed E-state index contributed by atoms with van der Waals surface area (Å²) in [6.07, 6.45) is 2.51. The third-order valence-corrected chi connectivity index (χ3v) is 4.59. The van der Waals surface area contributed by atoms with Gasteiger partial charge in [-0.05, 0) is 43.3 Å². The van der Waals surface area contributed by atoms with Crippen molar-refractivity contribution >= 4 is 46.8 Å². The van der Waals surface area contributed by atoms with Crippen LogP contribution in [0, 0.1) is 6.92 Å². The number of hydrogen-bond donors (Lipinski definition) is 1. The number of hydrogen-bond acceptors (Lipinski definition) is 2. The van der Waals surface area contributed by atoms with Crippen LogP contribution in [0.1, 0.15) is 11.3 Å². The lowest BCUT2D eigenvalue weighted by Crippen LogP contribution is -2.00. The second-order valence-electron chi connectivity index (χ2n) is 5.54. The molecule has 1 N–H and O–H groups in total. The van der Waals surface area contributed by atoms with E-state index in [2.05, 4.69) is 5.10 Å². The van der Waals surface area contributed by atoms with Crippen LogP contribution in [0.4, 0.5) is 0 Å². The number of halogens is 3. The van der Waals surface area contributed by atoms with Crippen molar-refractivity contribution in [2.45, 2.75) is 6.92 Å². The molecule has 0 saturated heterocycles. The molecule has 1 heterocycles. The highest BCUT2D eigenvalue weighted by Gasteiger charge is 2.18. The zero-order valence-corrected chi connectivity index (χ0v) is 15.8. The first-order chi connectivity index (χ1) is 12.4. The number of carboxylic acid groups (broad SMARTS) is 1. The molecule has 0 radical (unpaired) electrons. The first-order valence-electron chi connectivity index (χ1n) is 7.59. The van der Waals surface area contributed by atoms with Crippen molar-refractivity contribution < 1.29 is 9.90 Å². The summed E-state index contributed by atoms with van der Waals surface area (Å²) >= 11 is 18.3. The fourth-order valence-corrected chi connectivity index (χ4v) is 3.21. The molecule has 1 aromatic heterocycles. The number of nitrogens with zero attached hydrogens (tertiary/aromatic N) is 2. The van der Waals surface area contributed by atoms with Crippen molar-refractivity contribution in [1.82, 2.24) is 9.78 Å². The van der Waals surface area contributed by atoms with Crippen LogP contribution in [0.5, 0.6) is 0 Å². The van der Waals surface area contributed by atoms with E-state index in [4.69, 9.17) is 39.9 Å². The van der Waals surface area contributed by atoms with E-state index in [1.165, 1.54) is 6.08 Å². The monoisotopic (exact) mass is 406 g/mol. The van der Waals surface area contributed by atoms with Crippen molar-refractivity contribution in [2.75, 3.05) is 0 Å². The van der Waals surface area contributed by atoms with E-state index in [1.807, 2.05) is 19.1 Å². The Kier molecular flexibility index (Phi) is 5.37. The average Bonchev–Trinajstić information content (AvgIpc) is 2.90. The summed E-state index contributed by atoms with van der Waals surface area (Å²) in [4.78, 5) is 10.9. The van der Waals surface area contributed by atoms with Crippen LogP contribution in [0.25, 0.3) is 23.0 Å². The van der Waals surface area contributed by atoms with Gasteiger partial charge in [-0.1, -0.05) is 46.9 Å². The highest BCUT2D eigenvalue weighted by atomic mass is 35.5. The van der Waals surface area contributed by atoms with E-state index in [-0.39, 0.29) is 0 Å². The van der Waals surface area contributed by atoms with Crippen molar-refractivity contribution in [3.05, 3.63) is 74.9 Å². The Morgan fingerprint density at radius 2 is 1.73 bits per heavy atom. The molecule has 3 rings (SSSR count). The highest BCUT2D eigenvalue weighted by Crippen LogP contribution is 2.33. The second kappa shape index (κ2) is 7.54. The molecule has 7 heteroatoms. The molecule has 0 saturated carbocycles. The number of aromatic nitrogens is 2. The van der Waals surface area contributed by atoms with Gasteiger partial charge in [0.05, 0.1) is 22.1 Å². The van der Waals surface area contributed by atoms with E-state index in [0.29, 0.717) is 26.4 Å². The van der Waals surface area contributed by atoms with Gasteiger partial charge in [-0.15, -0.1) is 0 Å². The van der Waals surface area contributed by atoms with Gasteiger partial charge in [-0.2, -0.15) is 5.10 Å². The quantitative estimate of drug-likeness (QED) is 0.547. The van der Waals surface area contributed by atoms with Crippen molar-refractivity contribution in [2.24, 2.45) is 0 Å². The van der Waals surface area contributed by atoms with Gasteiger partial charge in [-0.3, -0.25) is 0 Å². The minimum Gasteiger partial charge on any atom is -0.478 e. The summed E-state index contributed by atoms with van der Waals surface area (Å²) in [5, 5.41) is 15.0. The Hall–Kier alpha value is -2.27. The topological polar surface area (TPSA) is 55.1 Å². The number of carbonyl (C=O) groups is 1. The van der Waals surface area contributed by atoms with Crippen LogP contribution in [-0.2, 0) is 4.79 Å². The molecular weight excluding hydrogens is 395 g/mol. The molecule has 0 aliphatic heterocycles. The first-order valence-corrected chi connectivity index (χ1v) is 8.72. The molecule has 0 amide bonds. The minimum absolute atomic E-state index is 0.434. The summed E-state index contributed by atoms with van der Waals surface area (Å²) in [6, 6.07) is 12.4. The predicted octanol–water partition coefficient (Wildman–Crippen LogP) is 5.91. The lowest BCUT2D eigenvalue weighted by Gasteiger charge is -2.11. The zero-order valence-electron chi connectivity index (χ0n) is 13.6. The number of rotatable bonds is 4. The van der Waals surface area contributed by atoms with Crippen LogP contribution < -0.4 is 0 Å². The van der Waals surface area contributed by atoms with Gasteiger partial charge in [-0.25, -0.2) is 9.48 Å². The molecule has 0 aliphatic rings. The summed E-state index contributed by atoms with van der Waals surface area (Å²) in [5.41, 5.74) is 3.65. The molecule has 2 aromatic carbocycles.